The van der Waals surface area contributed by atoms with E-state index in [1.165, 1.54) is 6.42 Å². The van der Waals surface area contributed by atoms with Crippen LogP contribution in [0.3, 0.4) is 0 Å². The summed E-state index contributed by atoms with van der Waals surface area (Å²) in [4.78, 5) is 14.8. The molecule has 5 heteroatoms. The minimum absolute atomic E-state index is 0.0347. The van der Waals surface area contributed by atoms with Crippen molar-refractivity contribution in [1.82, 2.24) is 4.90 Å². The van der Waals surface area contributed by atoms with Crippen molar-refractivity contribution in [3.8, 4) is 6.07 Å². The Balaban J connectivity index is 1.36. The van der Waals surface area contributed by atoms with E-state index < -0.39 is 11.6 Å². The van der Waals surface area contributed by atoms with Crippen molar-refractivity contribution in [2.24, 2.45) is 35.3 Å². The zero-order valence-electron chi connectivity index (χ0n) is 14.1. The maximum absolute atomic E-state index is 13.0. The molecule has 1 heterocycles. The van der Waals surface area contributed by atoms with Gasteiger partial charge in [-0.1, -0.05) is 0 Å². The van der Waals surface area contributed by atoms with Crippen LogP contribution in [0.5, 0.6) is 0 Å². The molecule has 1 saturated heterocycles. The van der Waals surface area contributed by atoms with Gasteiger partial charge in [0, 0.05) is 6.04 Å². The highest BCUT2D eigenvalue weighted by Crippen LogP contribution is 2.57. The van der Waals surface area contributed by atoms with Gasteiger partial charge in [0.05, 0.1) is 17.7 Å². The minimum Gasteiger partial charge on any atom is -0.390 e. The molecule has 8 unspecified atom stereocenters. The number of hydrogen-bond acceptors (Lipinski definition) is 4. The average Bonchev–Trinajstić information content (AvgIpc) is 3.17. The van der Waals surface area contributed by atoms with Crippen molar-refractivity contribution in [1.29, 1.82) is 5.26 Å². The first-order chi connectivity index (χ1) is 11.5. The number of carbonyl (C=O) groups is 1. The van der Waals surface area contributed by atoms with E-state index in [2.05, 4.69) is 6.07 Å². The van der Waals surface area contributed by atoms with Crippen LogP contribution in [0.15, 0.2) is 0 Å². The molecule has 9 atom stereocenters. The van der Waals surface area contributed by atoms with Gasteiger partial charge in [0.2, 0.25) is 5.91 Å². The summed E-state index contributed by atoms with van der Waals surface area (Å²) >= 11 is 0. The van der Waals surface area contributed by atoms with Crippen molar-refractivity contribution in [2.45, 2.75) is 75.1 Å². The molecule has 0 aromatic carbocycles. The Bertz CT molecular complexity index is 616. The van der Waals surface area contributed by atoms with E-state index in [0.717, 1.165) is 38.5 Å². The van der Waals surface area contributed by atoms with Crippen LogP contribution in [0.2, 0.25) is 0 Å². The molecule has 1 amide bonds. The Morgan fingerprint density at radius 2 is 1.96 bits per heavy atom. The van der Waals surface area contributed by atoms with E-state index >= 15 is 0 Å². The molecule has 0 aromatic heterocycles. The fraction of sp³-hybridized carbons (Fsp3) is 0.895. The van der Waals surface area contributed by atoms with Gasteiger partial charge >= 0.3 is 0 Å². The van der Waals surface area contributed by atoms with Crippen LogP contribution < -0.4 is 5.73 Å². The molecule has 1 aliphatic heterocycles. The highest BCUT2D eigenvalue weighted by Gasteiger charge is 2.57. The number of nitrogens with two attached hydrogens (primary N) is 1. The summed E-state index contributed by atoms with van der Waals surface area (Å²) in [6, 6.07) is 1.71. The number of nitriles is 1. The molecule has 5 nitrogen and oxygen atoms in total. The van der Waals surface area contributed by atoms with Gasteiger partial charge in [0.1, 0.15) is 6.04 Å². The van der Waals surface area contributed by atoms with Gasteiger partial charge < -0.3 is 15.7 Å². The lowest BCUT2D eigenvalue weighted by atomic mass is 9.76. The summed E-state index contributed by atoms with van der Waals surface area (Å²) in [5.41, 5.74) is 5.85. The van der Waals surface area contributed by atoms with E-state index in [1.54, 1.807) is 4.90 Å². The summed E-state index contributed by atoms with van der Waals surface area (Å²) in [6.07, 6.45) is 7.89. The predicted octanol–water partition coefficient (Wildman–Crippen LogP) is 1.40. The first-order valence-electron chi connectivity index (χ1n) is 9.68. The van der Waals surface area contributed by atoms with Crippen LogP contribution in [0.1, 0.15) is 51.4 Å². The quantitative estimate of drug-likeness (QED) is 0.801. The lowest BCUT2D eigenvalue weighted by Crippen LogP contribution is -2.52. The molecule has 5 aliphatic rings. The third-order valence-corrected chi connectivity index (χ3v) is 7.86. The second-order valence-electron chi connectivity index (χ2n) is 9.36. The Kier molecular flexibility index (Phi) is 3.13. The average molecular weight is 329 g/mol. The topological polar surface area (TPSA) is 90.4 Å². The van der Waals surface area contributed by atoms with Crippen molar-refractivity contribution in [3.63, 3.8) is 0 Å². The Morgan fingerprint density at radius 3 is 2.75 bits per heavy atom. The maximum atomic E-state index is 13.0. The number of carbonyl (C=O) groups excluding carboxylic acids is 1. The van der Waals surface area contributed by atoms with Gasteiger partial charge in [-0.3, -0.25) is 4.79 Å². The normalized spacial score (nSPS) is 52.5. The van der Waals surface area contributed by atoms with E-state index in [0.29, 0.717) is 30.1 Å². The molecule has 3 bridgehead atoms. The summed E-state index contributed by atoms with van der Waals surface area (Å²) in [5, 5.41) is 20.5. The molecule has 0 aromatic rings. The largest absolute Gasteiger partial charge is 0.390 e. The molecule has 0 spiro atoms. The second-order valence-corrected chi connectivity index (χ2v) is 9.36. The molecule has 24 heavy (non-hydrogen) atoms. The van der Waals surface area contributed by atoms with Gasteiger partial charge in [-0.15, -0.1) is 0 Å². The first kappa shape index (κ1) is 15.2. The van der Waals surface area contributed by atoms with Crippen molar-refractivity contribution >= 4 is 5.91 Å². The van der Waals surface area contributed by atoms with E-state index in [4.69, 9.17) is 5.73 Å². The molecule has 4 aliphatic carbocycles. The zero-order chi connectivity index (χ0) is 16.6. The standard InChI is InChI=1S/C19H27N3O2/c20-9-15-5-12-6-16(12)22(15)18(23)17(21)13-2-10-1-11-4-14(3-10)19(24,7-11)8-13/h10-17,24H,1-8,21H2/t10?,11?,12?,13?,14?,15?,16?,17-,19?/m0/s1. The highest BCUT2D eigenvalue weighted by atomic mass is 16.3. The van der Waals surface area contributed by atoms with Crippen LogP contribution in [0.4, 0.5) is 0 Å². The number of rotatable bonds is 2. The predicted molar refractivity (Wildman–Crippen MR) is 87.3 cm³/mol. The van der Waals surface area contributed by atoms with Crippen molar-refractivity contribution in [2.75, 3.05) is 0 Å². The molecule has 5 fully saturated rings. The number of nitrogens with zero attached hydrogens (tertiary/aromatic N) is 2. The van der Waals surface area contributed by atoms with Crippen LogP contribution in [-0.2, 0) is 4.79 Å². The summed E-state index contributed by atoms with van der Waals surface area (Å²) in [5.74, 6) is 2.27. The minimum atomic E-state index is -0.597. The van der Waals surface area contributed by atoms with E-state index in [1.807, 2.05) is 0 Å². The van der Waals surface area contributed by atoms with Crippen LogP contribution >= 0.6 is 0 Å². The summed E-state index contributed by atoms with van der Waals surface area (Å²) < 4.78 is 0. The first-order valence-corrected chi connectivity index (χ1v) is 9.68. The maximum Gasteiger partial charge on any atom is 0.241 e. The number of likely N-dealkylation sites (tertiary alicyclic amines) is 1. The van der Waals surface area contributed by atoms with Crippen LogP contribution in [-0.4, -0.2) is 39.6 Å². The Hall–Kier alpha value is -1.12. The third-order valence-electron chi connectivity index (χ3n) is 7.86. The summed E-state index contributed by atoms with van der Waals surface area (Å²) in [7, 11) is 0. The number of hydrogen-bond donors (Lipinski definition) is 2. The number of amides is 1. The Labute approximate surface area is 143 Å². The fourth-order valence-electron chi connectivity index (χ4n) is 6.78. The third kappa shape index (κ3) is 2.09. The molecular formula is C19H27N3O2. The van der Waals surface area contributed by atoms with Gasteiger partial charge in [0.25, 0.3) is 0 Å². The van der Waals surface area contributed by atoms with Gasteiger partial charge in [-0.05, 0) is 81.0 Å². The van der Waals surface area contributed by atoms with Crippen molar-refractivity contribution < 1.29 is 9.90 Å². The second kappa shape index (κ2) is 4.95. The van der Waals surface area contributed by atoms with Gasteiger partial charge in [-0.2, -0.15) is 5.26 Å². The lowest BCUT2D eigenvalue weighted by molar-refractivity contribution is -0.135. The Morgan fingerprint density at radius 1 is 1.17 bits per heavy atom. The van der Waals surface area contributed by atoms with Gasteiger partial charge in [-0.25, -0.2) is 0 Å². The van der Waals surface area contributed by atoms with Crippen LogP contribution in [0.25, 0.3) is 0 Å². The fourth-order valence-corrected chi connectivity index (χ4v) is 6.78. The lowest BCUT2D eigenvalue weighted by Gasteiger charge is -2.35. The van der Waals surface area contributed by atoms with Gasteiger partial charge in [0.15, 0.2) is 0 Å². The van der Waals surface area contributed by atoms with E-state index in [-0.39, 0.29) is 23.9 Å². The van der Waals surface area contributed by atoms with Crippen LogP contribution in [0, 0.1) is 40.9 Å². The molecule has 130 valence electrons. The molecule has 4 saturated carbocycles. The summed E-state index contributed by atoms with van der Waals surface area (Å²) in [6.45, 7) is 0. The number of piperidine rings is 1. The highest BCUT2D eigenvalue weighted by molar-refractivity contribution is 5.83. The number of aliphatic hydroxyl groups is 1. The molecular weight excluding hydrogens is 302 g/mol. The monoisotopic (exact) mass is 329 g/mol. The molecule has 3 N–H and O–H groups in total. The molecule has 5 rings (SSSR count). The van der Waals surface area contributed by atoms with E-state index in [9.17, 15) is 15.2 Å². The number of fused-ring (bicyclic) bond motifs is 3. The SMILES string of the molecule is N#CC1CC2CC2N1C(=O)[C@@H](N)C1CC2CC3CC(C2)C(O)(C3)C1. The van der Waals surface area contributed by atoms with Crippen molar-refractivity contribution in [3.05, 3.63) is 0 Å². The molecule has 0 radical (unpaired) electrons. The zero-order valence-corrected chi connectivity index (χ0v) is 14.1. The smallest absolute Gasteiger partial charge is 0.241 e.